The number of rotatable bonds is 6. The maximum atomic E-state index is 5.85. The minimum atomic E-state index is 0.534. The normalized spacial score (nSPS) is 11.6. The van der Waals surface area contributed by atoms with Gasteiger partial charge in [0, 0.05) is 24.4 Å². The predicted molar refractivity (Wildman–Crippen MR) is 95.4 cm³/mol. The molecule has 3 N–H and O–H groups in total. The molecule has 1 aromatic carbocycles. The van der Waals surface area contributed by atoms with Crippen molar-refractivity contribution in [2.45, 2.75) is 12.8 Å². The molecule has 0 aliphatic rings. The Kier molecular flexibility index (Phi) is 6.32. The van der Waals surface area contributed by atoms with Gasteiger partial charge in [-0.05, 0) is 46.7 Å². The van der Waals surface area contributed by atoms with Crippen LogP contribution < -0.4 is 11.1 Å². The lowest BCUT2D eigenvalue weighted by atomic mass is 10.1. The first-order chi connectivity index (χ1) is 9.74. The Morgan fingerprint density at radius 3 is 2.65 bits per heavy atom. The van der Waals surface area contributed by atoms with Gasteiger partial charge in [-0.1, -0.05) is 30.3 Å². The third-order valence-electron chi connectivity index (χ3n) is 2.83. The largest absolute Gasteiger partial charge is 0.370 e. The van der Waals surface area contributed by atoms with Crippen LogP contribution in [-0.4, -0.2) is 19.0 Å². The summed E-state index contributed by atoms with van der Waals surface area (Å²) in [5.74, 6) is 0.534. The van der Waals surface area contributed by atoms with E-state index in [1.54, 1.807) is 0 Å². The third-order valence-corrected chi connectivity index (χ3v) is 4.79. The van der Waals surface area contributed by atoms with Crippen LogP contribution in [0, 0.1) is 2.88 Å². The zero-order chi connectivity index (χ0) is 14.2. The fourth-order valence-corrected chi connectivity index (χ4v) is 3.55. The van der Waals surface area contributed by atoms with E-state index in [-0.39, 0.29) is 0 Å². The highest BCUT2D eigenvalue weighted by Crippen LogP contribution is 2.18. The predicted octanol–water partition coefficient (Wildman–Crippen LogP) is 3.04. The zero-order valence-electron chi connectivity index (χ0n) is 11.2. The van der Waals surface area contributed by atoms with E-state index < -0.39 is 0 Å². The number of benzene rings is 1. The van der Waals surface area contributed by atoms with Crippen LogP contribution in [0.3, 0.4) is 0 Å². The number of hydrogen-bond acceptors (Lipinski definition) is 2. The molecule has 5 heteroatoms. The molecule has 2 rings (SSSR count). The minimum Gasteiger partial charge on any atom is -0.370 e. The Labute approximate surface area is 137 Å². The third kappa shape index (κ3) is 5.50. The van der Waals surface area contributed by atoms with E-state index in [0.717, 1.165) is 25.9 Å². The maximum Gasteiger partial charge on any atom is 0.188 e. The molecule has 1 aromatic heterocycles. The lowest BCUT2D eigenvalue weighted by Crippen LogP contribution is -2.33. The number of guanidine groups is 1. The summed E-state index contributed by atoms with van der Waals surface area (Å²) in [6.07, 6.45) is 1.91. The highest BCUT2D eigenvalue weighted by Gasteiger charge is 1.97. The van der Waals surface area contributed by atoms with Crippen molar-refractivity contribution in [3.63, 3.8) is 0 Å². The molecule has 20 heavy (non-hydrogen) atoms. The molecule has 3 nitrogen and oxygen atoms in total. The van der Waals surface area contributed by atoms with E-state index in [0.29, 0.717) is 5.96 Å². The van der Waals surface area contributed by atoms with Crippen LogP contribution in [0.1, 0.15) is 10.4 Å². The van der Waals surface area contributed by atoms with Gasteiger partial charge in [0.1, 0.15) is 0 Å². The number of thiophene rings is 1. The van der Waals surface area contributed by atoms with Crippen molar-refractivity contribution in [2.75, 3.05) is 13.1 Å². The monoisotopic (exact) mass is 399 g/mol. The number of hydrogen-bond donors (Lipinski definition) is 2. The van der Waals surface area contributed by atoms with Gasteiger partial charge in [0.25, 0.3) is 0 Å². The molecule has 106 valence electrons. The van der Waals surface area contributed by atoms with Gasteiger partial charge in [0.2, 0.25) is 0 Å². The van der Waals surface area contributed by atoms with Crippen LogP contribution in [0.5, 0.6) is 0 Å². The lowest BCUT2D eigenvalue weighted by Gasteiger charge is -2.05. The van der Waals surface area contributed by atoms with Gasteiger partial charge < -0.3 is 11.1 Å². The average molecular weight is 399 g/mol. The van der Waals surface area contributed by atoms with Gasteiger partial charge >= 0.3 is 0 Å². The molecule has 0 radical (unpaired) electrons. The number of nitrogens with one attached hydrogen (secondary N) is 1. The molecular formula is C15H18IN3S. The van der Waals surface area contributed by atoms with Crippen molar-refractivity contribution in [3.05, 3.63) is 55.8 Å². The van der Waals surface area contributed by atoms with E-state index in [1.807, 2.05) is 17.4 Å². The van der Waals surface area contributed by atoms with Gasteiger partial charge in [-0.25, -0.2) is 0 Å². The second-order valence-electron chi connectivity index (χ2n) is 4.39. The zero-order valence-corrected chi connectivity index (χ0v) is 14.2. The van der Waals surface area contributed by atoms with Crippen LogP contribution in [-0.2, 0) is 12.8 Å². The second-order valence-corrected chi connectivity index (χ2v) is 7.45. The summed E-state index contributed by atoms with van der Waals surface area (Å²) >= 11 is 4.15. The molecule has 0 unspecified atom stereocenters. The van der Waals surface area contributed by atoms with E-state index >= 15 is 0 Å². The molecule has 2 aromatic rings. The highest BCUT2D eigenvalue weighted by atomic mass is 127. The quantitative estimate of drug-likeness (QED) is 0.446. The summed E-state index contributed by atoms with van der Waals surface area (Å²) in [5, 5.41) is 3.15. The molecule has 0 amide bonds. The second kappa shape index (κ2) is 8.26. The van der Waals surface area contributed by atoms with E-state index in [9.17, 15) is 0 Å². The van der Waals surface area contributed by atoms with Crippen molar-refractivity contribution >= 4 is 39.9 Å². The lowest BCUT2D eigenvalue weighted by molar-refractivity contribution is 0.845. The topological polar surface area (TPSA) is 50.4 Å². The van der Waals surface area contributed by atoms with Gasteiger partial charge in [-0.15, -0.1) is 11.3 Å². The van der Waals surface area contributed by atoms with Crippen LogP contribution >= 0.6 is 33.9 Å². The summed E-state index contributed by atoms with van der Waals surface area (Å²) < 4.78 is 1.32. The molecule has 0 fully saturated rings. The van der Waals surface area contributed by atoms with Crippen molar-refractivity contribution in [1.29, 1.82) is 0 Å². The van der Waals surface area contributed by atoms with E-state index in [2.05, 4.69) is 69.3 Å². The Morgan fingerprint density at radius 1 is 1.15 bits per heavy atom. The van der Waals surface area contributed by atoms with Crippen molar-refractivity contribution in [2.24, 2.45) is 10.7 Å². The Hall–Kier alpha value is -1.08. The summed E-state index contributed by atoms with van der Waals surface area (Å²) in [6, 6.07) is 14.6. The molecule has 1 heterocycles. The Morgan fingerprint density at radius 2 is 1.95 bits per heavy atom. The number of halogens is 1. The van der Waals surface area contributed by atoms with Crippen molar-refractivity contribution < 1.29 is 0 Å². The van der Waals surface area contributed by atoms with Crippen LogP contribution in [0.4, 0.5) is 0 Å². The summed E-state index contributed by atoms with van der Waals surface area (Å²) in [4.78, 5) is 5.70. The molecule has 0 aliphatic carbocycles. The SMILES string of the molecule is NC(=NCCc1ccc(I)s1)NCCc1ccccc1. The van der Waals surface area contributed by atoms with Gasteiger partial charge in [-0.3, -0.25) is 4.99 Å². The van der Waals surface area contributed by atoms with E-state index in [1.165, 1.54) is 13.3 Å². The fraction of sp³-hybridized carbons (Fsp3) is 0.267. The molecule has 0 atom stereocenters. The first-order valence-electron chi connectivity index (χ1n) is 6.56. The first-order valence-corrected chi connectivity index (χ1v) is 8.45. The number of aliphatic imine (C=N–C) groups is 1. The summed E-state index contributed by atoms with van der Waals surface area (Å²) in [7, 11) is 0. The molecule has 0 saturated heterocycles. The number of nitrogens with zero attached hydrogens (tertiary/aromatic N) is 1. The van der Waals surface area contributed by atoms with Gasteiger partial charge in [0.05, 0.1) is 2.88 Å². The van der Waals surface area contributed by atoms with Gasteiger partial charge in [0.15, 0.2) is 5.96 Å². The number of nitrogens with two attached hydrogens (primary N) is 1. The maximum absolute atomic E-state index is 5.85. The van der Waals surface area contributed by atoms with Crippen LogP contribution in [0.25, 0.3) is 0 Å². The van der Waals surface area contributed by atoms with Crippen LogP contribution in [0.2, 0.25) is 0 Å². The molecule has 0 aliphatic heterocycles. The first kappa shape index (κ1) is 15.3. The molecule has 0 bridgehead atoms. The van der Waals surface area contributed by atoms with Gasteiger partial charge in [-0.2, -0.15) is 0 Å². The highest BCUT2D eigenvalue weighted by molar-refractivity contribution is 14.1. The smallest absolute Gasteiger partial charge is 0.188 e. The molecule has 0 spiro atoms. The Balaban J connectivity index is 1.66. The van der Waals surface area contributed by atoms with Crippen molar-refractivity contribution in [1.82, 2.24) is 5.32 Å². The van der Waals surface area contributed by atoms with E-state index in [4.69, 9.17) is 5.73 Å². The molecule has 0 saturated carbocycles. The minimum absolute atomic E-state index is 0.534. The van der Waals surface area contributed by atoms with Crippen molar-refractivity contribution in [3.8, 4) is 0 Å². The fourth-order valence-electron chi connectivity index (χ4n) is 1.81. The Bertz CT molecular complexity index is 551. The summed E-state index contributed by atoms with van der Waals surface area (Å²) in [6.45, 7) is 1.55. The summed E-state index contributed by atoms with van der Waals surface area (Å²) in [5.41, 5.74) is 7.15. The molecular weight excluding hydrogens is 381 g/mol. The average Bonchev–Trinajstić information content (AvgIpc) is 2.86. The standard InChI is InChI=1S/C15H18IN3S/c16-14-7-6-13(20-14)9-11-19-15(17)18-10-8-12-4-2-1-3-5-12/h1-7H,8-11H2,(H3,17,18,19). The van der Waals surface area contributed by atoms with Crippen LogP contribution in [0.15, 0.2) is 47.5 Å².